The van der Waals surface area contributed by atoms with Gasteiger partial charge >= 0.3 is 0 Å². The number of hydrogen-bond donors (Lipinski definition) is 1. The molecule has 2 aliphatic heterocycles. The average Bonchev–Trinajstić information content (AvgIpc) is 2.80. The van der Waals surface area contributed by atoms with Crippen LogP contribution in [0.3, 0.4) is 0 Å². The zero-order valence-electron chi connectivity index (χ0n) is 14.2. The molecule has 0 radical (unpaired) electrons. The smallest absolute Gasteiger partial charge is 0.225 e. The van der Waals surface area contributed by atoms with Crippen LogP contribution in [-0.4, -0.2) is 72.6 Å². The number of carbonyl (C=O) groups excluding carboxylic acids is 2. The number of ether oxygens (including phenoxy) is 1. The van der Waals surface area contributed by atoms with Gasteiger partial charge in [-0.3, -0.25) is 14.5 Å². The molecule has 0 saturated carbocycles. The van der Waals surface area contributed by atoms with Crippen molar-refractivity contribution < 1.29 is 14.3 Å². The van der Waals surface area contributed by atoms with Gasteiger partial charge in [-0.05, 0) is 27.7 Å². The zero-order chi connectivity index (χ0) is 16.3. The van der Waals surface area contributed by atoms with Gasteiger partial charge in [-0.1, -0.05) is 0 Å². The van der Waals surface area contributed by atoms with Crippen LogP contribution >= 0.6 is 0 Å². The molecule has 126 valence electrons. The van der Waals surface area contributed by atoms with Crippen molar-refractivity contribution in [1.29, 1.82) is 0 Å². The van der Waals surface area contributed by atoms with Gasteiger partial charge in [0.2, 0.25) is 11.8 Å². The SMILES string of the molecule is CC(C)N1C[C@@H](C(=O)NCCN2C[C@@H](C)O[C@@H](C)C2)CC1=O. The number of nitrogens with zero attached hydrogens (tertiary/aromatic N) is 2. The topological polar surface area (TPSA) is 61.9 Å². The maximum absolute atomic E-state index is 12.2. The molecule has 2 saturated heterocycles. The third-order valence-electron chi connectivity index (χ3n) is 4.38. The molecule has 2 aliphatic rings. The van der Waals surface area contributed by atoms with Crippen LogP contribution in [0.25, 0.3) is 0 Å². The number of morpholine rings is 1. The zero-order valence-corrected chi connectivity index (χ0v) is 14.2. The van der Waals surface area contributed by atoms with Crippen LogP contribution < -0.4 is 5.32 Å². The van der Waals surface area contributed by atoms with Crippen LogP contribution in [-0.2, 0) is 14.3 Å². The average molecular weight is 311 g/mol. The molecule has 0 aromatic heterocycles. The molecule has 22 heavy (non-hydrogen) atoms. The maximum Gasteiger partial charge on any atom is 0.225 e. The highest BCUT2D eigenvalue weighted by Gasteiger charge is 2.35. The molecule has 3 atom stereocenters. The summed E-state index contributed by atoms with van der Waals surface area (Å²) in [5, 5.41) is 2.98. The molecule has 2 amide bonds. The fraction of sp³-hybridized carbons (Fsp3) is 0.875. The van der Waals surface area contributed by atoms with Gasteiger partial charge in [0.05, 0.1) is 18.1 Å². The molecule has 0 aromatic rings. The highest BCUT2D eigenvalue weighted by Crippen LogP contribution is 2.20. The number of hydrogen-bond acceptors (Lipinski definition) is 4. The van der Waals surface area contributed by atoms with E-state index in [2.05, 4.69) is 24.1 Å². The molecule has 6 heteroatoms. The Morgan fingerprint density at radius 3 is 2.45 bits per heavy atom. The van der Waals surface area contributed by atoms with Crippen LogP contribution in [0.15, 0.2) is 0 Å². The van der Waals surface area contributed by atoms with Crippen molar-refractivity contribution in [2.75, 3.05) is 32.7 Å². The van der Waals surface area contributed by atoms with E-state index in [-0.39, 0.29) is 36.0 Å². The first kappa shape index (κ1) is 17.2. The first-order chi connectivity index (χ1) is 10.4. The van der Waals surface area contributed by atoms with Crippen LogP contribution in [0.1, 0.15) is 34.1 Å². The second kappa shape index (κ2) is 7.42. The van der Waals surface area contributed by atoms with E-state index in [1.807, 2.05) is 13.8 Å². The molecule has 6 nitrogen and oxygen atoms in total. The van der Waals surface area contributed by atoms with Gasteiger partial charge in [-0.25, -0.2) is 0 Å². The summed E-state index contributed by atoms with van der Waals surface area (Å²) in [6.45, 7) is 11.9. The molecule has 2 fully saturated rings. The largest absolute Gasteiger partial charge is 0.373 e. The summed E-state index contributed by atoms with van der Waals surface area (Å²) in [4.78, 5) is 28.1. The summed E-state index contributed by atoms with van der Waals surface area (Å²) in [7, 11) is 0. The van der Waals surface area contributed by atoms with Gasteiger partial charge in [0, 0.05) is 45.2 Å². The molecule has 0 unspecified atom stereocenters. The monoisotopic (exact) mass is 311 g/mol. The summed E-state index contributed by atoms with van der Waals surface area (Å²) in [5.41, 5.74) is 0. The third-order valence-corrected chi connectivity index (χ3v) is 4.38. The first-order valence-corrected chi connectivity index (χ1v) is 8.31. The van der Waals surface area contributed by atoms with E-state index in [1.165, 1.54) is 0 Å². The lowest BCUT2D eigenvalue weighted by Crippen LogP contribution is -2.48. The summed E-state index contributed by atoms with van der Waals surface area (Å²) in [5.74, 6) is -0.103. The summed E-state index contributed by atoms with van der Waals surface area (Å²) >= 11 is 0. The summed E-state index contributed by atoms with van der Waals surface area (Å²) < 4.78 is 5.70. The molecule has 0 bridgehead atoms. The molecular weight excluding hydrogens is 282 g/mol. The highest BCUT2D eigenvalue weighted by molar-refractivity contribution is 5.89. The Hall–Kier alpha value is -1.14. The Balaban J connectivity index is 1.71. The van der Waals surface area contributed by atoms with Crippen LogP contribution in [0.2, 0.25) is 0 Å². The van der Waals surface area contributed by atoms with E-state index in [9.17, 15) is 9.59 Å². The van der Waals surface area contributed by atoms with E-state index in [0.29, 0.717) is 19.5 Å². The molecule has 2 rings (SSSR count). The minimum absolute atomic E-state index is 0.00542. The fourth-order valence-electron chi connectivity index (χ4n) is 3.35. The van der Waals surface area contributed by atoms with Crippen molar-refractivity contribution in [2.24, 2.45) is 5.92 Å². The van der Waals surface area contributed by atoms with Crippen molar-refractivity contribution in [3.63, 3.8) is 0 Å². The van der Waals surface area contributed by atoms with Gasteiger partial charge in [-0.15, -0.1) is 0 Å². The van der Waals surface area contributed by atoms with E-state index < -0.39 is 0 Å². The van der Waals surface area contributed by atoms with E-state index in [4.69, 9.17) is 4.74 Å². The predicted molar refractivity (Wildman–Crippen MR) is 84.4 cm³/mol. The maximum atomic E-state index is 12.2. The van der Waals surface area contributed by atoms with Crippen LogP contribution in [0, 0.1) is 5.92 Å². The van der Waals surface area contributed by atoms with Gasteiger partial charge < -0.3 is 15.0 Å². The van der Waals surface area contributed by atoms with Gasteiger partial charge in [-0.2, -0.15) is 0 Å². The lowest BCUT2D eigenvalue weighted by atomic mass is 10.1. The molecular formula is C16H29N3O3. The number of carbonyl (C=O) groups is 2. The van der Waals surface area contributed by atoms with E-state index >= 15 is 0 Å². The second-order valence-electron chi connectivity index (χ2n) is 6.85. The van der Waals surface area contributed by atoms with Crippen molar-refractivity contribution in [3.8, 4) is 0 Å². The highest BCUT2D eigenvalue weighted by atomic mass is 16.5. The number of rotatable bonds is 5. The molecule has 0 aliphatic carbocycles. The van der Waals surface area contributed by atoms with Crippen LogP contribution in [0.5, 0.6) is 0 Å². The van der Waals surface area contributed by atoms with Crippen molar-refractivity contribution >= 4 is 11.8 Å². The quantitative estimate of drug-likeness (QED) is 0.802. The predicted octanol–water partition coefficient (Wildman–Crippen LogP) is 0.469. The fourth-order valence-corrected chi connectivity index (χ4v) is 3.35. The molecule has 0 aromatic carbocycles. The van der Waals surface area contributed by atoms with Crippen molar-refractivity contribution in [2.45, 2.75) is 52.4 Å². The molecule has 1 N–H and O–H groups in total. The Bertz CT molecular complexity index is 403. The summed E-state index contributed by atoms with van der Waals surface area (Å²) in [6.07, 6.45) is 0.827. The number of nitrogens with one attached hydrogen (secondary N) is 1. The molecule has 0 spiro atoms. The summed E-state index contributed by atoms with van der Waals surface area (Å²) in [6, 6.07) is 0.168. The van der Waals surface area contributed by atoms with Crippen LogP contribution in [0.4, 0.5) is 0 Å². The Kier molecular flexibility index (Phi) is 5.81. The minimum Gasteiger partial charge on any atom is -0.373 e. The van der Waals surface area contributed by atoms with Crippen molar-refractivity contribution in [3.05, 3.63) is 0 Å². The lowest BCUT2D eigenvalue weighted by Gasteiger charge is -2.35. The normalized spacial score (nSPS) is 30.1. The Morgan fingerprint density at radius 1 is 1.27 bits per heavy atom. The second-order valence-corrected chi connectivity index (χ2v) is 6.85. The Labute approximate surface area is 133 Å². The van der Waals surface area contributed by atoms with Gasteiger partial charge in [0.15, 0.2) is 0 Å². The van der Waals surface area contributed by atoms with E-state index in [0.717, 1.165) is 19.6 Å². The number of likely N-dealkylation sites (tertiary alicyclic amines) is 1. The Morgan fingerprint density at radius 2 is 1.91 bits per heavy atom. The van der Waals surface area contributed by atoms with Gasteiger partial charge in [0.1, 0.15) is 0 Å². The molecule has 2 heterocycles. The first-order valence-electron chi connectivity index (χ1n) is 8.31. The number of amides is 2. The van der Waals surface area contributed by atoms with E-state index in [1.54, 1.807) is 4.90 Å². The van der Waals surface area contributed by atoms with Gasteiger partial charge in [0.25, 0.3) is 0 Å². The minimum atomic E-state index is -0.197. The van der Waals surface area contributed by atoms with Crippen molar-refractivity contribution in [1.82, 2.24) is 15.1 Å². The standard InChI is InChI=1S/C16H29N3O3/c1-11(2)19-10-14(7-15(19)20)16(21)17-5-6-18-8-12(3)22-13(4)9-18/h11-14H,5-10H2,1-4H3,(H,17,21)/t12-,13+,14-/m0/s1. The lowest BCUT2D eigenvalue weighted by molar-refractivity contribution is -0.130. The third kappa shape index (κ3) is 4.43.